The standard InChI is InChI=1S/C32H19F3/c1-22-2-4-23(5-3-22)6-8-25-10-14-27-21-30-19-26(11-15-28(30)20-29(27)18-25)9-7-24-12-16-31(17-13-24)32(33,34)35/h2-5,10-21H,1H3. The summed E-state index contributed by atoms with van der Waals surface area (Å²) in [7, 11) is 0. The molecule has 0 atom stereocenters. The topological polar surface area (TPSA) is 0 Å². The lowest BCUT2D eigenvalue weighted by Crippen LogP contribution is -2.04. The van der Waals surface area contributed by atoms with Crippen LogP contribution in [0.1, 0.15) is 33.4 Å². The van der Waals surface area contributed by atoms with Crippen LogP contribution in [0.5, 0.6) is 0 Å². The van der Waals surface area contributed by atoms with Crippen LogP contribution in [0.2, 0.25) is 0 Å². The second-order valence-corrected chi connectivity index (χ2v) is 8.42. The Hall–Kier alpha value is -4.47. The van der Waals surface area contributed by atoms with E-state index in [0.717, 1.165) is 50.4 Å². The molecule has 0 aliphatic carbocycles. The van der Waals surface area contributed by atoms with Crippen LogP contribution in [0.4, 0.5) is 13.2 Å². The molecule has 0 spiro atoms. The van der Waals surface area contributed by atoms with E-state index in [1.807, 2.05) is 36.4 Å². The highest BCUT2D eigenvalue weighted by atomic mass is 19.4. The van der Waals surface area contributed by atoms with Crippen molar-refractivity contribution in [2.75, 3.05) is 0 Å². The second kappa shape index (κ2) is 9.05. The average Bonchev–Trinajstić information content (AvgIpc) is 2.85. The van der Waals surface area contributed by atoms with Crippen molar-refractivity contribution in [1.29, 1.82) is 0 Å². The van der Waals surface area contributed by atoms with E-state index in [4.69, 9.17) is 0 Å². The third-order valence-corrected chi connectivity index (χ3v) is 5.76. The largest absolute Gasteiger partial charge is 0.416 e. The predicted octanol–water partition coefficient (Wildman–Crippen LogP) is 8.12. The maximum absolute atomic E-state index is 12.7. The van der Waals surface area contributed by atoms with E-state index in [-0.39, 0.29) is 0 Å². The number of halogens is 3. The Bertz CT molecular complexity index is 1670. The molecule has 168 valence electrons. The van der Waals surface area contributed by atoms with E-state index in [0.29, 0.717) is 5.56 Å². The molecule has 3 heteroatoms. The lowest BCUT2D eigenvalue weighted by molar-refractivity contribution is -0.137. The predicted molar refractivity (Wildman–Crippen MR) is 136 cm³/mol. The van der Waals surface area contributed by atoms with Crippen molar-refractivity contribution >= 4 is 21.5 Å². The van der Waals surface area contributed by atoms with E-state index in [9.17, 15) is 13.2 Å². The van der Waals surface area contributed by atoms with Gasteiger partial charge in [-0.05, 0) is 101 Å². The Morgan fingerprint density at radius 3 is 1.31 bits per heavy atom. The van der Waals surface area contributed by atoms with Crippen LogP contribution < -0.4 is 0 Å². The Morgan fingerprint density at radius 2 is 0.857 bits per heavy atom. The first kappa shape index (κ1) is 22.3. The molecule has 0 amide bonds. The van der Waals surface area contributed by atoms with E-state index in [2.05, 4.69) is 67.0 Å². The summed E-state index contributed by atoms with van der Waals surface area (Å²) < 4.78 is 38.2. The van der Waals surface area contributed by atoms with Crippen LogP contribution in [-0.2, 0) is 6.18 Å². The number of hydrogen-bond acceptors (Lipinski definition) is 0. The number of benzene rings is 5. The van der Waals surface area contributed by atoms with Gasteiger partial charge in [0, 0.05) is 22.3 Å². The molecular weight excluding hydrogens is 441 g/mol. The molecule has 0 nitrogen and oxygen atoms in total. The maximum Gasteiger partial charge on any atom is 0.416 e. The van der Waals surface area contributed by atoms with Gasteiger partial charge in [0.25, 0.3) is 0 Å². The number of fused-ring (bicyclic) bond motifs is 2. The van der Waals surface area contributed by atoms with Crippen molar-refractivity contribution in [3.63, 3.8) is 0 Å². The normalized spacial score (nSPS) is 11.0. The molecule has 0 radical (unpaired) electrons. The Kier molecular flexibility index (Phi) is 5.77. The van der Waals surface area contributed by atoms with Gasteiger partial charge in [0.2, 0.25) is 0 Å². The van der Waals surface area contributed by atoms with Gasteiger partial charge in [0.05, 0.1) is 5.56 Å². The fraction of sp³-hybridized carbons (Fsp3) is 0.0625. The van der Waals surface area contributed by atoms with Crippen LogP contribution in [0.15, 0.2) is 97.1 Å². The van der Waals surface area contributed by atoms with E-state index in [1.165, 1.54) is 17.7 Å². The van der Waals surface area contributed by atoms with Gasteiger partial charge in [0.15, 0.2) is 0 Å². The Morgan fingerprint density at radius 1 is 0.457 bits per heavy atom. The summed E-state index contributed by atoms with van der Waals surface area (Å²) in [6.45, 7) is 2.06. The summed E-state index contributed by atoms with van der Waals surface area (Å²) in [5, 5.41) is 4.35. The van der Waals surface area contributed by atoms with Gasteiger partial charge in [-0.1, -0.05) is 53.5 Å². The minimum Gasteiger partial charge on any atom is -0.166 e. The molecule has 0 unspecified atom stereocenters. The summed E-state index contributed by atoms with van der Waals surface area (Å²) in [6.07, 6.45) is -4.35. The van der Waals surface area contributed by atoms with Crippen molar-refractivity contribution in [1.82, 2.24) is 0 Å². The highest BCUT2D eigenvalue weighted by molar-refractivity contribution is 5.99. The molecule has 0 aliphatic heterocycles. The van der Waals surface area contributed by atoms with E-state index < -0.39 is 11.7 Å². The SMILES string of the molecule is Cc1ccc(C#Cc2ccc3cc4cc(C#Cc5ccc(C(F)(F)F)cc5)ccc4cc3c2)cc1. The zero-order chi connectivity index (χ0) is 24.4. The fourth-order valence-corrected chi connectivity index (χ4v) is 3.82. The minimum absolute atomic E-state index is 0.538. The first-order valence-electron chi connectivity index (χ1n) is 11.1. The molecule has 0 saturated heterocycles. The lowest BCUT2D eigenvalue weighted by Gasteiger charge is -2.05. The minimum atomic E-state index is -4.35. The summed E-state index contributed by atoms with van der Waals surface area (Å²) in [4.78, 5) is 0. The summed E-state index contributed by atoms with van der Waals surface area (Å²) >= 11 is 0. The van der Waals surface area contributed by atoms with Crippen molar-refractivity contribution in [3.8, 4) is 23.7 Å². The maximum atomic E-state index is 12.7. The molecule has 0 aromatic heterocycles. The van der Waals surface area contributed by atoms with Gasteiger partial charge in [-0.15, -0.1) is 0 Å². The number of alkyl halides is 3. The lowest BCUT2D eigenvalue weighted by atomic mass is 10.00. The Balaban J connectivity index is 1.41. The molecule has 5 aromatic rings. The van der Waals surface area contributed by atoms with Crippen molar-refractivity contribution in [3.05, 3.63) is 130 Å². The zero-order valence-corrected chi connectivity index (χ0v) is 18.9. The van der Waals surface area contributed by atoms with E-state index in [1.54, 1.807) is 0 Å². The summed E-state index contributed by atoms with van der Waals surface area (Å²) in [5.74, 6) is 12.5. The smallest absolute Gasteiger partial charge is 0.166 e. The third-order valence-electron chi connectivity index (χ3n) is 5.76. The molecule has 0 saturated carbocycles. The van der Waals surface area contributed by atoms with Crippen LogP contribution >= 0.6 is 0 Å². The van der Waals surface area contributed by atoms with Crippen molar-refractivity contribution < 1.29 is 13.2 Å². The molecule has 0 heterocycles. The monoisotopic (exact) mass is 460 g/mol. The second-order valence-electron chi connectivity index (χ2n) is 8.42. The van der Waals surface area contributed by atoms with Gasteiger partial charge in [0.1, 0.15) is 0 Å². The van der Waals surface area contributed by atoms with Crippen molar-refractivity contribution in [2.45, 2.75) is 13.1 Å². The van der Waals surface area contributed by atoms with Crippen LogP contribution in [0.25, 0.3) is 21.5 Å². The number of rotatable bonds is 0. The van der Waals surface area contributed by atoms with Crippen LogP contribution in [-0.4, -0.2) is 0 Å². The zero-order valence-electron chi connectivity index (χ0n) is 18.9. The molecule has 0 fully saturated rings. The average molecular weight is 460 g/mol. The Labute approximate surface area is 202 Å². The summed E-state index contributed by atoms with van der Waals surface area (Å²) in [5.41, 5.74) is 3.82. The van der Waals surface area contributed by atoms with E-state index >= 15 is 0 Å². The molecule has 0 N–H and O–H groups in total. The number of aryl methyl sites for hydroxylation is 1. The molecule has 5 rings (SSSR count). The number of hydrogen-bond donors (Lipinski definition) is 0. The first-order chi connectivity index (χ1) is 16.8. The van der Waals surface area contributed by atoms with Gasteiger partial charge in [-0.2, -0.15) is 13.2 Å². The summed E-state index contributed by atoms with van der Waals surface area (Å²) in [6, 6.07) is 29.4. The van der Waals surface area contributed by atoms with Gasteiger partial charge < -0.3 is 0 Å². The van der Waals surface area contributed by atoms with Gasteiger partial charge in [-0.25, -0.2) is 0 Å². The quantitative estimate of drug-likeness (QED) is 0.162. The highest BCUT2D eigenvalue weighted by Crippen LogP contribution is 2.29. The highest BCUT2D eigenvalue weighted by Gasteiger charge is 2.29. The van der Waals surface area contributed by atoms with Crippen molar-refractivity contribution in [2.24, 2.45) is 0 Å². The first-order valence-corrected chi connectivity index (χ1v) is 11.1. The van der Waals surface area contributed by atoms with Gasteiger partial charge in [-0.3, -0.25) is 0 Å². The molecule has 0 bridgehead atoms. The third kappa shape index (κ3) is 5.21. The van der Waals surface area contributed by atoms with Crippen LogP contribution in [0, 0.1) is 30.6 Å². The van der Waals surface area contributed by atoms with Gasteiger partial charge >= 0.3 is 6.18 Å². The molecule has 5 aromatic carbocycles. The molecule has 0 aliphatic rings. The molecular formula is C32H19F3. The molecule has 35 heavy (non-hydrogen) atoms. The van der Waals surface area contributed by atoms with Crippen LogP contribution in [0.3, 0.4) is 0 Å². The fourth-order valence-electron chi connectivity index (χ4n) is 3.82.